The lowest BCUT2D eigenvalue weighted by atomic mass is 10.2. The van der Waals surface area contributed by atoms with Gasteiger partial charge in [0.15, 0.2) is 0 Å². The molecule has 112 valence electrons. The highest BCUT2D eigenvalue weighted by Crippen LogP contribution is 2.23. The van der Waals surface area contributed by atoms with E-state index in [1.165, 1.54) is 6.07 Å². The van der Waals surface area contributed by atoms with Gasteiger partial charge in [-0.3, -0.25) is 4.72 Å². The number of ether oxygens (including phenoxy) is 2. The fourth-order valence-corrected chi connectivity index (χ4v) is 3.03. The lowest BCUT2D eigenvalue weighted by molar-refractivity contribution is 0.411. The summed E-state index contributed by atoms with van der Waals surface area (Å²) in [4.78, 5) is 0.191. The molecule has 0 fully saturated rings. The first-order chi connectivity index (χ1) is 9.96. The summed E-state index contributed by atoms with van der Waals surface area (Å²) in [5.41, 5.74) is 1.24. The van der Waals surface area contributed by atoms with Crippen LogP contribution in [0.3, 0.4) is 0 Å². The van der Waals surface area contributed by atoms with Crippen molar-refractivity contribution in [2.45, 2.75) is 11.8 Å². The molecule has 0 heterocycles. The van der Waals surface area contributed by atoms with E-state index in [1.807, 2.05) is 0 Å². The SMILES string of the molecule is COc1ccc(NS(=O)(=O)c2ccc(OC)c(C)c2)cc1. The summed E-state index contributed by atoms with van der Waals surface area (Å²) < 4.78 is 37.3. The van der Waals surface area contributed by atoms with Crippen molar-refractivity contribution in [2.24, 2.45) is 0 Å². The van der Waals surface area contributed by atoms with Crippen molar-refractivity contribution in [3.05, 3.63) is 48.0 Å². The second-order valence-corrected chi connectivity index (χ2v) is 6.15. The standard InChI is InChI=1S/C15H17NO4S/c1-11-10-14(8-9-15(11)20-3)21(17,18)16-12-4-6-13(19-2)7-5-12/h4-10,16H,1-3H3. The molecule has 0 saturated heterocycles. The van der Waals surface area contributed by atoms with Crippen molar-refractivity contribution >= 4 is 15.7 Å². The Balaban J connectivity index is 2.26. The Kier molecular flexibility index (Phi) is 4.37. The van der Waals surface area contributed by atoms with Gasteiger partial charge < -0.3 is 9.47 Å². The van der Waals surface area contributed by atoms with Gasteiger partial charge >= 0.3 is 0 Å². The minimum absolute atomic E-state index is 0.191. The molecular formula is C15H17NO4S. The largest absolute Gasteiger partial charge is 0.497 e. The van der Waals surface area contributed by atoms with Crippen LogP contribution in [-0.2, 0) is 10.0 Å². The molecular weight excluding hydrogens is 290 g/mol. The number of hydrogen-bond acceptors (Lipinski definition) is 4. The first-order valence-corrected chi connectivity index (χ1v) is 7.76. The Morgan fingerprint density at radius 3 is 2.14 bits per heavy atom. The van der Waals surface area contributed by atoms with Crippen molar-refractivity contribution in [2.75, 3.05) is 18.9 Å². The van der Waals surface area contributed by atoms with E-state index >= 15 is 0 Å². The number of sulfonamides is 1. The third-order valence-electron chi connectivity index (χ3n) is 3.02. The molecule has 0 saturated carbocycles. The Morgan fingerprint density at radius 2 is 1.62 bits per heavy atom. The molecule has 0 bridgehead atoms. The Labute approximate surface area is 124 Å². The molecule has 2 aromatic carbocycles. The van der Waals surface area contributed by atoms with Crippen molar-refractivity contribution in [1.82, 2.24) is 0 Å². The van der Waals surface area contributed by atoms with Crippen LogP contribution in [0.4, 0.5) is 5.69 Å². The zero-order valence-corrected chi connectivity index (χ0v) is 12.9. The molecule has 0 aromatic heterocycles. The highest BCUT2D eigenvalue weighted by Gasteiger charge is 2.15. The fraction of sp³-hybridized carbons (Fsp3) is 0.200. The van der Waals surface area contributed by atoms with Crippen LogP contribution < -0.4 is 14.2 Å². The van der Waals surface area contributed by atoms with Gasteiger partial charge in [0.25, 0.3) is 10.0 Å². The Hall–Kier alpha value is -2.21. The molecule has 0 atom stereocenters. The van der Waals surface area contributed by atoms with E-state index in [2.05, 4.69) is 4.72 Å². The van der Waals surface area contributed by atoms with Gasteiger partial charge in [-0.25, -0.2) is 8.42 Å². The zero-order valence-electron chi connectivity index (χ0n) is 12.1. The second-order valence-electron chi connectivity index (χ2n) is 4.47. The van der Waals surface area contributed by atoms with Gasteiger partial charge in [-0.05, 0) is 55.0 Å². The smallest absolute Gasteiger partial charge is 0.261 e. The van der Waals surface area contributed by atoms with Crippen LogP contribution in [0.25, 0.3) is 0 Å². The predicted octanol–water partition coefficient (Wildman–Crippen LogP) is 2.81. The van der Waals surface area contributed by atoms with Crippen LogP contribution in [-0.4, -0.2) is 22.6 Å². The van der Waals surface area contributed by atoms with Gasteiger partial charge in [-0.1, -0.05) is 0 Å². The van der Waals surface area contributed by atoms with Gasteiger partial charge in [-0.15, -0.1) is 0 Å². The Morgan fingerprint density at radius 1 is 0.952 bits per heavy atom. The molecule has 0 aliphatic rings. The number of nitrogens with one attached hydrogen (secondary N) is 1. The molecule has 0 aliphatic heterocycles. The van der Waals surface area contributed by atoms with E-state index in [-0.39, 0.29) is 4.90 Å². The van der Waals surface area contributed by atoms with Gasteiger partial charge in [0, 0.05) is 5.69 Å². The van der Waals surface area contributed by atoms with Crippen LogP contribution in [0.1, 0.15) is 5.56 Å². The van der Waals surface area contributed by atoms with E-state index in [1.54, 1.807) is 57.5 Å². The highest BCUT2D eigenvalue weighted by atomic mass is 32.2. The summed E-state index contributed by atoms with van der Waals surface area (Å²) >= 11 is 0. The number of rotatable bonds is 5. The molecule has 2 aromatic rings. The maximum atomic E-state index is 12.3. The minimum atomic E-state index is -3.63. The van der Waals surface area contributed by atoms with E-state index in [0.717, 1.165) is 5.56 Å². The first kappa shape index (κ1) is 15.2. The van der Waals surface area contributed by atoms with E-state index < -0.39 is 10.0 Å². The number of aryl methyl sites for hydroxylation is 1. The number of hydrogen-bond donors (Lipinski definition) is 1. The number of anilines is 1. The van der Waals surface area contributed by atoms with Crippen LogP contribution in [0.5, 0.6) is 11.5 Å². The lowest BCUT2D eigenvalue weighted by Crippen LogP contribution is -2.13. The van der Waals surface area contributed by atoms with Gasteiger partial charge in [0.05, 0.1) is 19.1 Å². The van der Waals surface area contributed by atoms with Crippen LogP contribution in [0.15, 0.2) is 47.4 Å². The average molecular weight is 307 g/mol. The first-order valence-electron chi connectivity index (χ1n) is 6.28. The lowest BCUT2D eigenvalue weighted by Gasteiger charge is -2.11. The summed E-state index contributed by atoms with van der Waals surface area (Å²) in [6, 6.07) is 11.4. The molecule has 2 rings (SSSR count). The highest BCUT2D eigenvalue weighted by molar-refractivity contribution is 7.92. The minimum Gasteiger partial charge on any atom is -0.497 e. The average Bonchev–Trinajstić information content (AvgIpc) is 2.47. The van der Waals surface area contributed by atoms with Crippen LogP contribution >= 0.6 is 0 Å². The summed E-state index contributed by atoms with van der Waals surface area (Å²) in [6.45, 7) is 1.80. The molecule has 1 N–H and O–H groups in total. The summed E-state index contributed by atoms with van der Waals surface area (Å²) in [5, 5.41) is 0. The van der Waals surface area contributed by atoms with Crippen LogP contribution in [0, 0.1) is 6.92 Å². The number of benzene rings is 2. The van der Waals surface area contributed by atoms with Crippen molar-refractivity contribution in [3.63, 3.8) is 0 Å². The molecule has 0 aliphatic carbocycles. The molecule has 6 heteroatoms. The predicted molar refractivity (Wildman–Crippen MR) is 81.5 cm³/mol. The van der Waals surface area contributed by atoms with Crippen molar-refractivity contribution in [3.8, 4) is 11.5 Å². The maximum Gasteiger partial charge on any atom is 0.261 e. The summed E-state index contributed by atoms with van der Waals surface area (Å²) in [5.74, 6) is 1.32. The van der Waals surface area contributed by atoms with Gasteiger partial charge in [-0.2, -0.15) is 0 Å². The van der Waals surface area contributed by atoms with E-state index in [0.29, 0.717) is 17.2 Å². The molecule has 0 amide bonds. The topological polar surface area (TPSA) is 64.6 Å². The van der Waals surface area contributed by atoms with E-state index in [9.17, 15) is 8.42 Å². The maximum absolute atomic E-state index is 12.3. The van der Waals surface area contributed by atoms with Gasteiger partial charge in [0.1, 0.15) is 11.5 Å². The van der Waals surface area contributed by atoms with Crippen molar-refractivity contribution < 1.29 is 17.9 Å². The molecule has 5 nitrogen and oxygen atoms in total. The monoisotopic (exact) mass is 307 g/mol. The molecule has 0 radical (unpaired) electrons. The van der Waals surface area contributed by atoms with Crippen molar-refractivity contribution in [1.29, 1.82) is 0 Å². The fourth-order valence-electron chi connectivity index (χ4n) is 1.89. The van der Waals surface area contributed by atoms with Gasteiger partial charge in [0.2, 0.25) is 0 Å². The van der Waals surface area contributed by atoms with E-state index in [4.69, 9.17) is 9.47 Å². The van der Waals surface area contributed by atoms with Crippen LogP contribution in [0.2, 0.25) is 0 Å². The second kappa shape index (κ2) is 6.05. The normalized spacial score (nSPS) is 11.0. The quantitative estimate of drug-likeness (QED) is 0.922. The molecule has 21 heavy (non-hydrogen) atoms. The third-order valence-corrected chi connectivity index (χ3v) is 4.40. The number of methoxy groups -OCH3 is 2. The third kappa shape index (κ3) is 3.46. The Bertz CT molecular complexity index is 724. The summed E-state index contributed by atoms with van der Waals surface area (Å²) in [6.07, 6.45) is 0. The molecule has 0 unspecified atom stereocenters. The molecule has 0 spiro atoms. The zero-order chi connectivity index (χ0) is 15.5. The summed E-state index contributed by atoms with van der Waals surface area (Å²) in [7, 11) is -0.524.